The number of rotatable bonds is 7. The average molecular weight is 377 g/mol. The monoisotopic (exact) mass is 377 g/mol. The molecule has 0 unspecified atom stereocenters. The molecule has 28 heavy (non-hydrogen) atoms. The molecule has 0 radical (unpaired) electrons. The van der Waals surface area contributed by atoms with Crippen LogP contribution in [-0.2, 0) is 6.42 Å². The van der Waals surface area contributed by atoms with E-state index in [1.807, 2.05) is 43.4 Å². The number of nitrogens with zero attached hydrogens (tertiary/aromatic N) is 1. The van der Waals surface area contributed by atoms with Crippen LogP contribution < -0.4 is 9.47 Å². The fourth-order valence-corrected chi connectivity index (χ4v) is 3.37. The lowest BCUT2D eigenvalue weighted by atomic mass is 10.0. The Morgan fingerprint density at radius 1 is 0.964 bits per heavy atom. The number of carbonyl (C=O) groups is 1. The van der Waals surface area contributed by atoms with Crippen molar-refractivity contribution in [1.82, 2.24) is 4.90 Å². The van der Waals surface area contributed by atoms with Gasteiger partial charge < -0.3 is 19.5 Å². The van der Waals surface area contributed by atoms with E-state index in [1.165, 1.54) is 5.56 Å². The summed E-state index contributed by atoms with van der Waals surface area (Å²) in [5, 5.41) is 11.4. The molecule has 5 nitrogen and oxygen atoms in total. The summed E-state index contributed by atoms with van der Waals surface area (Å²) in [4.78, 5) is 14.7. The molecule has 0 bridgehead atoms. The first-order chi connectivity index (χ1) is 13.6. The molecule has 0 aliphatic carbocycles. The Balaban J connectivity index is 1.30. The van der Waals surface area contributed by atoms with Crippen molar-refractivity contribution in [3.05, 3.63) is 65.7 Å². The molecule has 1 aliphatic heterocycles. The third-order valence-electron chi connectivity index (χ3n) is 5.09. The van der Waals surface area contributed by atoms with E-state index >= 15 is 0 Å². The fraction of sp³-hybridized carbons (Fsp3) is 0.261. The molecule has 3 aromatic rings. The predicted molar refractivity (Wildman–Crippen MR) is 108 cm³/mol. The highest BCUT2D eigenvalue weighted by molar-refractivity contribution is 6.00. The number of hydrogen-bond acceptors (Lipinski definition) is 5. The second-order valence-corrected chi connectivity index (χ2v) is 7.16. The van der Waals surface area contributed by atoms with Crippen molar-refractivity contribution in [2.45, 2.75) is 12.8 Å². The SMILES string of the molecule is CN(CCC(=O)c1ccc2cc(O)ccc2c1)CCc1ccc2c(c1)OCO2. The maximum atomic E-state index is 12.6. The van der Waals surface area contributed by atoms with Crippen molar-refractivity contribution in [2.24, 2.45) is 0 Å². The van der Waals surface area contributed by atoms with E-state index in [2.05, 4.69) is 11.0 Å². The zero-order valence-corrected chi connectivity index (χ0v) is 15.9. The molecular formula is C23H23NO4. The molecule has 0 spiro atoms. The molecule has 4 rings (SSSR count). The molecule has 1 heterocycles. The van der Waals surface area contributed by atoms with Crippen LogP contribution in [0.3, 0.4) is 0 Å². The minimum Gasteiger partial charge on any atom is -0.508 e. The van der Waals surface area contributed by atoms with Crippen LogP contribution in [0.4, 0.5) is 0 Å². The van der Waals surface area contributed by atoms with Crippen LogP contribution in [0.5, 0.6) is 17.2 Å². The molecule has 0 saturated heterocycles. The lowest BCUT2D eigenvalue weighted by Gasteiger charge is -2.16. The molecule has 3 aromatic carbocycles. The van der Waals surface area contributed by atoms with Gasteiger partial charge in [-0.2, -0.15) is 0 Å². The van der Waals surface area contributed by atoms with Crippen molar-refractivity contribution >= 4 is 16.6 Å². The lowest BCUT2D eigenvalue weighted by molar-refractivity contribution is 0.0969. The quantitative estimate of drug-likeness (QED) is 0.630. The Kier molecular flexibility index (Phi) is 5.17. The van der Waals surface area contributed by atoms with Crippen LogP contribution in [0.2, 0.25) is 0 Å². The molecule has 144 valence electrons. The van der Waals surface area contributed by atoms with Crippen LogP contribution in [-0.4, -0.2) is 42.7 Å². The van der Waals surface area contributed by atoms with Gasteiger partial charge in [-0.25, -0.2) is 0 Å². The van der Waals surface area contributed by atoms with Gasteiger partial charge in [0.25, 0.3) is 0 Å². The Hall–Kier alpha value is -3.05. The van der Waals surface area contributed by atoms with E-state index < -0.39 is 0 Å². The van der Waals surface area contributed by atoms with Gasteiger partial charge in [0.15, 0.2) is 17.3 Å². The summed E-state index contributed by atoms with van der Waals surface area (Å²) in [6.45, 7) is 1.86. The van der Waals surface area contributed by atoms with Gasteiger partial charge in [-0.15, -0.1) is 0 Å². The summed E-state index contributed by atoms with van der Waals surface area (Å²) in [5.74, 6) is 1.97. The zero-order chi connectivity index (χ0) is 19.5. The highest BCUT2D eigenvalue weighted by atomic mass is 16.7. The van der Waals surface area contributed by atoms with Gasteiger partial charge in [-0.1, -0.05) is 24.3 Å². The number of benzene rings is 3. The molecule has 0 amide bonds. The van der Waals surface area contributed by atoms with Crippen molar-refractivity contribution in [3.63, 3.8) is 0 Å². The van der Waals surface area contributed by atoms with Crippen LogP contribution in [0.25, 0.3) is 10.8 Å². The Labute approximate surface area is 164 Å². The topological polar surface area (TPSA) is 59.0 Å². The number of aromatic hydroxyl groups is 1. The highest BCUT2D eigenvalue weighted by Gasteiger charge is 2.14. The van der Waals surface area contributed by atoms with Crippen LogP contribution >= 0.6 is 0 Å². The van der Waals surface area contributed by atoms with Crippen molar-refractivity contribution < 1.29 is 19.4 Å². The van der Waals surface area contributed by atoms with Gasteiger partial charge in [-0.3, -0.25) is 4.79 Å². The van der Waals surface area contributed by atoms with E-state index in [-0.39, 0.29) is 18.3 Å². The minimum absolute atomic E-state index is 0.130. The zero-order valence-electron chi connectivity index (χ0n) is 15.9. The van der Waals surface area contributed by atoms with E-state index in [0.717, 1.165) is 35.2 Å². The van der Waals surface area contributed by atoms with Gasteiger partial charge in [-0.05, 0) is 60.1 Å². The summed E-state index contributed by atoms with van der Waals surface area (Å²) in [6, 6.07) is 16.8. The van der Waals surface area contributed by atoms with Gasteiger partial charge in [0.2, 0.25) is 6.79 Å². The van der Waals surface area contributed by atoms with Crippen molar-refractivity contribution in [1.29, 1.82) is 0 Å². The Morgan fingerprint density at radius 3 is 2.64 bits per heavy atom. The molecule has 0 fully saturated rings. The van der Waals surface area contributed by atoms with E-state index in [9.17, 15) is 9.90 Å². The van der Waals surface area contributed by atoms with Gasteiger partial charge in [0.05, 0.1) is 0 Å². The molecule has 0 atom stereocenters. The van der Waals surface area contributed by atoms with E-state index in [1.54, 1.807) is 12.1 Å². The van der Waals surface area contributed by atoms with E-state index in [4.69, 9.17) is 9.47 Å². The number of ether oxygens (including phenoxy) is 2. The number of phenols is 1. The smallest absolute Gasteiger partial charge is 0.231 e. The second-order valence-electron chi connectivity index (χ2n) is 7.16. The predicted octanol–water partition coefficient (Wildman–Crippen LogP) is 4.02. The van der Waals surface area contributed by atoms with Crippen LogP contribution in [0.1, 0.15) is 22.3 Å². The van der Waals surface area contributed by atoms with Gasteiger partial charge in [0, 0.05) is 25.1 Å². The first-order valence-corrected chi connectivity index (χ1v) is 9.41. The molecule has 5 heteroatoms. The largest absolute Gasteiger partial charge is 0.508 e. The Morgan fingerprint density at radius 2 is 1.75 bits per heavy atom. The number of fused-ring (bicyclic) bond motifs is 2. The molecule has 0 aromatic heterocycles. The van der Waals surface area contributed by atoms with Crippen LogP contribution in [0.15, 0.2) is 54.6 Å². The Bertz CT molecular complexity index is 1010. The highest BCUT2D eigenvalue weighted by Crippen LogP contribution is 2.32. The van der Waals surface area contributed by atoms with Gasteiger partial charge >= 0.3 is 0 Å². The van der Waals surface area contributed by atoms with Crippen LogP contribution in [0, 0.1) is 0 Å². The number of hydrogen-bond donors (Lipinski definition) is 1. The number of ketones is 1. The van der Waals surface area contributed by atoms with E-state index in [0.29, 0.717) is 18.5 Å². The fourth-order valence-electron chi connectivity index (χ4n) is 3.37. The lowest BCUT2D eigenvalue weighted by Crippen LogP contribution is -2.24. The normalized spacial score (nSPS) is 12.6. The average Bonchev–Trinajstić information content (AvgIpc) is 3.18. The number of Topliss-reactive ketones (excluding diaryl/α,β-unsaturated/α-hetero) is 1. The summed E-state index contributed by atoms with van der Waals surface area (Å²) in [5.41, 5.74) is 1.91. The summed E-state index contributed by atoms with van der Waals surface area (Å²) < 4.78 is 10.8. The number of phenolic OH excluding ortho intramolecular Hbond substituents is 1. The third kappa shape index (κ3) is 4.10. The summed E-state index contributed by atoms with van der Waals surface area (Å²) >= 11 is 0. The minimum atomic E-state index is 0.130. The molecule has 1 N–H and O–H groups in total. The molecular weight excluding hydrogens is 354 g/mol. The maximum Gasteiger partial charge on any atom is 0.231 e. The maximum absolute atomic E-state index is 12.6. The number of likely N-dealkylation sites (N-methyl/N-ethyl adjacent to an activating group) is 1. The van der Waals surface area contributed by atoms with Crippen molar-refractivity contribution in [3.8, 4) is 17.2 Å². The summed E-state index contributed by atoms with van der Waals surface area (Å²) in [6.07, 6.45) is 1.36. The molecule has 1 aliphatic rings. The second kappa shape index (κ2) is 7.90. The standard InChI is InChI=1S/C23H23NO4/c1-24(10-8-16-2-7-22-23(12-16)28-15-27-22)11-9-21(26)19-4-3-18-14-20(25)6-5-17(18)13-19/h2-7,12-14,25H,8-11,15H2,1H3. The first-order valence-electron chi connectivity index (χ1n) is 9.41. The first kappa shape index (κ1) is 18.3. The third-order valence-corrected chi connectivity index (χ3v) is 5.09. The van der Waals surface area contributed by atoms with Gasteiger partial charge in [0.1, 0.15) is 5.75 Å². The number of carbonyl (C=O) groups excluding carboxylic acids is 1. The van der Waals surface area contributed by atoms with Crippen molar-refractivity contribution in [2.75, 3.05) is 26.9 Å². The molecule has 0 saturated carbocycles. The summed E-state index contributed by atoms with van der Waals surface area (Å²) in [7, 11) is 2.03.